The molecular formula is C17H11N3O9. The molecule has 0 saturated heterocycles. The smallest absolute Gasteiger partial charge is 0.284 e. The molecule has 148 valence electrons. The standard InChI is InChI=1S/C17H11N3O9/c1-8(21)7-17(23)13-5-9(18(24)25)2-3-11(13)15-12(16(17)22)4-10(19(26)27)6-14(15)20(28)29/h2-6,23H,7H2,1H3. The number of ketones is 2. The molecule has 1 aliphatic carbocycles. The first-order valence-corrected chi connectivity index (χ1v) is 8.00. The lowest BCUT2D eigenvalue weighted by molar-refractivity contribution is -0.393. The summed E-state index contributed by atoms with van der Waals surface area (Å²) in [4.78, 5) is 55.9. The number of fused-ring (bicyclic) bond motifs is 3. The molecule has 0 aliphatic heterocycles. The van der Waals surface area contributed by atoms with Gasteiger partial charge in [-0.25, -0.2) is 0 Å². The molecule has 1 N–H and O–H groups in total. The third-order valence-electron chi connectivity index (χ3n) is 4.56. The van der Waals surface area contributed by atoms with E-state index in [2.05, 4.69) is 0 Å². The molecule has 0 heterocycles. The quantitative estimate of drug-likeness (QED) is 0.580. The van der Waals surface area contributed by atoms with Crippen LogP contribution in [-0.2, 0) is 10.4 Å². The van der Waals surface area contributed by atoms with Crippen molar-refractivity contribution in [2.24, 2.45) is 0 Å². The van der Waals surface area contributed by atoms with Crippen LogP contribution in [0.25, 0.3) is 11.1 Å². The van der Waals surface area contributed by atoms with E-state index in [4.69, 9.17) is 0 Å². The van der Waals surface area contributed by atoms with Gasteiger partial charge < -0.3 is 5.11 Å². The molecule has 0 spiro atoms. The first-order valence-electron chi connectivity index (χ1n) is 8.00. The zero-order chi connectivity index (χ0) is 21.7. The summed E-state index contributed by atoms with van der Waals surface area (Å²) in [5.74, 6) is -1.83. The predicted molar refractivity (Wildman–Crippen MR) is 95.4 cm³/mol. The Kier molecular flexibility index (Phi) is 4.43. The highest BCUT2D eigenvalue weighted by Gasteiger charge is 2.49. The largest absolute Gasteiger partial charge is 0.376 e. The summed E-state index contributed by atoms with van der Waals surface area (Å²) < 4.78 is 0. The van der Waals surface area contributed by atoms with Crippen LogP contribution >= 0.6 is 0 Å². The van der Waals surface area contributed by atoms with E-state index in [1.54, 1.807) is 0 Å². The van der Waals surface area contributed by atoms with E-state index in [1.807, 2.05) is 0 Å². The molecule has 1 unspecified atom stereocenters. The van der Waals surface area contributed by atoms with Crippen LogP contribution in [0.4, 0.5) is 17.1 Å². The second-order valence-electron chi connectivity index (χ2n) is 6.46. The number of Topliss-reactive ketones (excluding diaryl/α,β-unsaturated/α-hetero) is 2. The van der Waals surface area contributed by atoms with E-state index in [0.29, 0.717) is 6.07 Å². The summed E-state index contributed by atoms with van der Waals surface area (Å²) in [6, 6.07) is 4.41. The Morgan fingerprint density at radius 3 is 2.10 bits per heavy atom. The minimum atomic E-state index is -2.57. The molecule has 0 aromatic heterocycles. The van der Waals surface area contributed by atoms with Crippen LogP contribution in [0.15, 0.2) is 30.3 Å². The monoisotopic (exact) mass is 401 g/mol. The maximum Gasteiger partial charge on any atom is 0.284 e. The van der Waals surface area contributed by atoms with Crippen molar-refractivity contribution in [2.75, 3.05) is 0 Å². The maximum absolute atomic E-state index is 13.1. The van der Waals surface area contributed by atoms with Gasteiger partial charge in [0.25, 0.3) is 17.1 Å². The number of rotatable bonds is 5. The SMILES string of the molecule is CC(=O)CC1(O)C(=O)c2cc([N+](=O)[O-])cc([N+](=O)[O-])c2-c2ccc([N+](=O)[O-])cc21. The van der Waals surface area contributed by atoms with Gasteiger partial charge in [0.2, 0.25) is 5.78 Å². The van der Waals surface area contributed by atoms with Gasteiger partial charge in [-0.1, -0.05) is 0 Å². The molecule has 0 saturated carbocycles. The van der Waals surface area contributed by atoms with Crippen LogP contribution in [0, 0.1) is 30.3 Å². The van der Waals surface area contributed by atoms with E-state index in [-0.39, 0.29) is 16.7 Å². The number of carbonyl (C=O) groups excluding carboxylic acids is 2. The molecule has 3 rings (SSSR count). The fourth-order valence-electron chi connectivity index (χ4n) is 3.41. The summed E-state index contributed by atoms with van der Waals surface area (Å²) in [6.07, 6.45) is -0.768. The van der Waals surface area contributed by atoms with Crippen LogP contribution < -0.4 is 0 Å². The number of aliphatic hydroxyl groups is 1. The second kappa shape index (κ2) is 6.53. The third-order valence-corrected chi connectivity index (χ3v) is 4.56. The second-order valence-corrected chi connectivity index (χ2v) is 6.46. The summed E-state index contributed by atoms with van der Waals surface area (Å²) in [7, 11) is 0. The van der Waals surface area contributed by atoms with E-state index in [1.165, 1.54) is 0 Å². The number of nitro benzene ring substituents is 3. The van der Waals surface area contributed by atoms with Gasteiger partial charge in [-0.2, -0.15) is 0 Å². The summed E-state index contributed by atoms with van der Waals surface area (Å²) in [5.41, 5.74) is -5.89. The lowest BCUT2D eigenvalue weighted by atomic mass is 9.72. The Bertz CT molecular complexity index is 1140. The van der Waals surface area contributed by atoms with Crippen molar-refractivity contribution in [1.82, 2.24) is 0 Å². The van der Waals surface area contributed by atoms with Crippen molar-refractivity contribution in [3.05, 3.63) is 71.8 Å². The van der Waals surface area contributed by atoms with E-state index >= 15 is 0 Å². The first kappa shape index (κ1) is 19.7. The first-order chi connectivity index (χ1) is 13.5. The van der Waals surface area contributed by atoms with Crippen molar-refractivity contribution in [1.29, 1.82) is 0 Å². The van der Waals surface area contributed by atoms with Crippen LogP contribution in [0.1, 0.15) is 29.3 Å². The van der Waals surface area contributed by atoms with Crippen LogP contribution in [0.3, 0.4) is 0 Å². The Hall–Kier alpha value is -4.06. The molecule has 12 heteroatoms. The van der Waals surface area contributed by atoms with Gasteiger partial charge in [-0.05, 0) is 18.6 Å². The molecule has 1 aliphatic rings. The summed E-state index contributed by atoms with van der Waals surface area (Å²) in [6.45, 7) is 1.08. The van der Waals surface area contributed by atoms with Crippen molar-refractivity contribution < 1.29 is 29.5 Å². The molecule has 29 heavy (non-hydrogen) atoms. The van der Waals surface area contributed by atoms with Gasteiger partial charge in [0.05, 0.1) is 26.4 Å². The Morgan fingerprint density at radius 1 is 0.966 bits per heavy atom. The van der Waals surface area contributed by atoms with E-state index < -0.39 is 61.0 Å². The van der Waals surface area contributed by atoms with Crippen molar-refractivity contribution in [3.8, 4) is 11.1 Å². The van der Waals surface area contributed by atoms with E-state index in [9.17, 15) is 45.0 Å². The predicted octanol–water partition coefficient (Wildman–Crippen LogP) is 2.44. The number of nitro groups is 3. The Morgan fingerprint density at radius 2 is 1.59 bits per heavy atom. The number of non-ortho nitro benzene ring substituents is 2. The fraction of sp³-hybridized carbons (Fsp3) is 0.176. The van der Waals surface area contributed by atoms with Gasteiger partial charge in [-0.3, -0.25) is 39.9 Å². The topological polar surface area (TPSA) is 184 Å². The Labute approximate surface area is 160 Å². The lowest BCUT2D eigenvalue weighted by Gasteiger charge is -2.33. The zero-order valence-electron chi connectivity index (χ0n) is 14.6. The minimum absolute atomic E-state index is 0.101. The average Bonchev–Trinajstić information content (AvgIpc) is 2.64. The molecule has 1 atom stereocenters. The zero-order valence-corrected chi connectivity index (χ0v) is 14.6. The highest BCUT2D eigenvalue weighted by molar-refractivity contribution is 6.15. The number of nitrogens with zero attached hydrogens (tertiary/aromatic N) is 3. The highest BCUT2D eigenvalue weighted by Crippen LogP contribution is 2.49. The van der Waals surface area contributed by atoms with Crippen molar-refractivity contribution in [2.45, 2.75) is 18.9 Å². The van der Waals surface area contributed by atoms with Gasteiger partial charge >= 0.3 is 0 Å². The minimum Gasteiger partial charge on any atom is -0.376 e. The number of hydrogen-bond acceptors (Lipinski definition) is 9. The average molecular weight is 401 g/mol. The summed E-state index contributed by atoms with van der Waals surface area (Å²) >= 11 is 0. The lowest BCUT2D eigenvalue weighted by Crippen LogP contribution is -2.41. The van der Waals surface area contributed by atoms with Gasteiger partial charge in [-0.15, -0.1) is 0 Å². The fourth-order valence-corrected chi connectivity index (χ4v) is 3.41. The molecular weight excluding hydrogens is 390 g/mol. The molecule has 2 aromatic rings. The summed E-state index contributed by atoms with van der Waals surface area (Å²) in [5, 5.41) is 44.9. The van der Waals surface area contributed by atoms with E-state index in [0.717, 1.165) is 31.2 Å². The van der Waals surface area contributed by atoms with Gasteiger partial charge in [0.15, 0.2) is 5.60 Å². The third kappa shape index (κ3) is 3.00. The molecule has 12 nitrogen and oxygen atoms in total. The molecule has 0 amide bonds. The van der Waals surface area contributed by atoms with Crippen molar-refractivity contribution in [3.63, 3.8) is 0 Å². The Balaban J connectivity index is 2.48. The molecule has 0 fully saturated rings. The molecule has 0 bridgehead atoms. The molecule has 0 radical (unpaired) electrons. The van der Waals surface area contributed by atoms with Crippen LogP contribution in [0.5, 0.6) is 0 Å². The highest BCUT2D eigenvalue weighted by atomic mass is 16.6. The number of benzene rings is 2. The normalized spacial score (nSPS) is 17.2. The van der Waals surface area contributed by atoms with Crippen molar-refractivity contribution >= 4 is 28.6 Å². The van der Waals surface area contributed by atoms with Gasteiger partial charge in [0.1, 0.15) is 5.78 Å². The number of hydrogen-bond donors (Lipinski definition) is 1. The maximum atomic E-state index is 13.1. The van der Waals surface area contributed by atoms with Gasteiger partial charge in [0, 0.05) is 35.7 Å². The molecule has 2 aromatic carbocycles. The number of carbonyl (C=O) groups is 2. The van der Waals surface area contributed by atoms with Crippen LogP contribution in [-0.4, -0.2) is 31.4 Å². The van der Waals surface area contributed by atoms with Crippen LogP contribution in [0.2, 0.25) is 0 Å².